The smallest absolute Gasteiger partial charge is 0.141 e. The number of nitrogens with one attached hydrogen (secondary N) is 3. The van der Waals surface area contributed by atoms with Gasteiger partial charge in [0, 0.05) is 36.4 Å². The third-order valence-electron chi connectivity index (χ3n) is 3.12. The first-order chi connectivity index (χ1) is 10.6. The van der Waals surface area contributed by atoms with Gasteiger partial charge in [0.15, 0.2) is 0 Å². The first-order valence-electron chi connectivity index (χ1n) is 6.74. The highest BCUT2D eigenvalue weighted by molar-refractivity contribution is 6.06. The van der Waals surface area contributed by atoms with Crippen LogP contribution in [0, 0.1) is 11.2 Å². The average molecular weight is 299 g/mol. The van der Waals surface area contributed by atoms with E-state index in [9.17, 15) is 4.39 Å². The summed E-state index contributed by atoms with van der Waals surface area (Å²) < 4.78 is 13.1. The summed E-state index contributed by atoms with van der Waals surface area (Å²) >= 11 is 0. The molecule has 2 aromatic rings. The number of hydrogen-bond donors (Lipinski definition) is 4. The Kier molecular flexibility index (Phi) is 4.73. The SMILES string of the molecule is CNc1cc(-c2ccc(F)cc2)nc(N/C=C/N)c1C(C)=N. The maximum Gasteiger partial charge on any atom is 0.141 e. The number of halogens is 1. The number of nitrogens with two attached hydrogens (primary N) is 1. The molecule has 0 spiro atoms. The van der Waals surface area contributed by atoms with Crippen LogP contribution in [-0.2, 0) is 0 Å². The second kappa shape index (κ2) is 6.71. The molecule has 0 aliphatic rings. The summed E-state index contributed by atoms with van der Waals surface area (Å²) in [4.78, 5) is 4.52. The molecule has 22 heavy (non-hydrogen) atoms. The number of pyridine rings is 1. The minimum absolute atomic E-state index is 0.297. The van der Waals surface area contributed by atoms with Crippen molar-refractivity contribution in [3.8, 4) is 11.3 Å². The van der Waals surface area contributed by atoms with Gasteiger partial charge in [0.2, 0.25) is 0 Å². The largest absolute Gasteiger partial charge is 0.403 e. The summed E-state index contributed by atoms with van der Waals surface area (Å²) in [6.07, 6.45) is 2.90. The summed E-state index contributed by atoms with van der Waals surface area (Å²) in [6.45, 7) is 1.69. The maximum atomic E-state index is 13.1. The van der Waals surface area contributed by atoms with Crippen LogP contribution in [0.1, 0.15) is 12.5 Å². The third kappa shape index (κ3) is 3.22. The van der Waals surface area contributed by atoms with Gasteiger partial charge in [0.05, 0.1) is 11.3 Å². The molecule has 0 saturated carbocycles. The molecule has 5 nitrogen and oxygen atoms in total. The van der Waals surface area contributed by atoms with Crippen molar-refractivity contribution >= 4 is 17.2 Å². The normalized spacial score (nSPS) is 10.7. The molecule has 1 aromatic heterocycles. The predicted molar refractivity (Wildman–Crippen MR) is 88.6 cm³/mol. The zero-order valence-electron chi connectivity index (χ0n) is 12.4. The van der Waals surface area contributed by atoms with E-state index in [1.54, 1.807) is 32.3 Å². The average Bonchev–Trinajstić information content (AvgIpc) is 2.52. The molecule has 0 saturated heterocycles. The number of nitrogens with zero attached hydrogens (tertiary/aromatic N) is 1. The van der Waals surface area contributed by atoms with Gasteiger partial charge < -0.3 is 21.8 Å². The molecular formula is C16H18FN5. The van der Waals surface area contributed by atoms with E-state index in [2.05, 4.69) is 15.6 Å². The summed E-state index contributed by atoms with van der Waals surface area (Å²) in [5, 5.41) is 14.0. The van der Waals surface area contributed by atoms with E-state index in [1.807, 2.05) is 6.07 Å². The molecule has 0 aliphatic heterocycles. The quantitative estimate of drug-likeness (QED) is 0.639. The summed E-state index contributed by atoms with van der Waals surface area (Å²) in [6, 6.07) is 7.93. The summed E-state index contributed by atoms with van der Waals surface area (Å²) in [5.41, 5.74) is 8.60. The van der Waals surface area contributed by atoms with Gasteiger partial charge in [-0.05, 0) is 37.3 Å². The Morgan fingerprint density at radius 3 is 2.55 bits per heavy atom. The maximum absolute atomic E-state index is 13.1. The van der Waals surface area contributed by atoms with Gasteiger partial charge in [-0.15, -0.1) is 0 Å². The second-order valence-electron chi connectivity index (χ2n) is 4.66. The topological polar surface area (TPSA) is 86.8 Å². The Labute approximate surface area is 128 Å². The standard InChI is InChI=1S/C16H18FN5/c1-10(19)15-14(20-2)9-13(22-16(15)21-8-7-18)11-3-5-12(17)6-4-11/h3-9,19H,18H2,1-2H3,(H2,20,21,22)/b8-7+,19-10?. The zero-order valence-corrected chi connectivity index (χ0v) is 12.4. The van der Waals surface area contributed by atoms with Crippen LogP contribution in [0.4, 0.5) is 15.9 Å². The Hall–Kier alpha value is -2.89. The van der Waals surface area contributed by atoms with Gasteiger partial charge in [-0.25, -0.2) is 9.37 Å². The molecule has 114 valence electrons. The van der Waals surface area contributed by atoms with E-state index in [-0.39, 0.29) is 5.82 Å². The highest BCUT2D eigenvalue weighted by Crippen LogP contribution is 2.29. The minimum atomic E-state index is -0.297. The lowest BCUT2D eigenvalue weighted by Crippen LogP contribution is -2.08. The fraction of sp³-hybridized carbons (Fsp3) is 0.125. The van der Waals surface area contributed by atoms with Crippen molar-refractivity contribution < 1.29 is 4.39 Å². The third-order valence-corrected chi connectivity index (χ3v) is 3.12. The van der Waals surface area contributed by atoms with Gasteiger partial charge in [0.1, 0.15) is 11.6 Å². The Balaban J connectivity index is 2.61. The molecule has 0 atom stereocenters. The van der Waals surface area contributed by atoms with Crippen LogP contribution in [0.2, 0.25) is 0 Å². The van der Waals surface area contributed by atoms with Crippen LogP contribution in [0.5, 0.6) is 0 Å². The number of aromatic nitrogens is 1. The highest BCUT2D eigenvalue weighted by atomic mass is 19.1. The first kappa shape index (κ1) is 15.5. The van der Waals surface area contributed by atoms with E-state index < -0.39 is 0 Å². The monoisotopic (exact) mass is 299 g/mol. The van der Waals surface area contributed by atoms with Crippen molar-refractivity contribution in [2.75, 3.05) is 17.7 Å². The van der Waals surface area contributed by atoms with Crippen LogP contribution in [0.3, 0.4) is 0 Å². The van der Waals surface area contributed by atoms with Crippen LogP contribution in [-0.4, -0.2) is 17.7 Å². The number of hydrogen-bond acceptors (Lipinski definition) is 5. The van der Waals surface area contributed by atoms with Gasteiger partial charge >= 0.3 is 0 Å². The number of anilines is 2. The van der Waals surface area contributed by atoms with E-state index in [4.69, 9.17) is 11.1 Å². The van der Waals surface area contributed by atoms with Gasteiger partial charge in [-0.3, -0.25) is 0 Å². The van der Waals surface area contributed by atoms with E-state index >= 15 is 0 Å². The van der Waals surface area contributed by atoms with Crippen LogP contribution < -0.4 is 16.4 Å². The molecule has 5 N–H and O–H groups in total. The summed E-state index contributed by atoms with van der Waals surface area (Å²) in [5.74, 6) is 0.217. The van der Waals surface area contributed by atoms with E-state index in [0.29, 0.717) is 22.8 Å². The Bertz CT molecular complexity index is 707. The van der Waals surface area contributed by atoms with Gasteiger partial charge in [-0.2, -0.15) is 0 Å². The lowest BCUT2D eigenvalue weighted by Gasteiger charge is -2.15. The van der Waals surface area contributed by atoms with Crippen molar-refractivity contribution in [1.82, 2.24) is 4.98 Å². The molecule has 1 aromatic carbocycles. The van der Waals surface area contributed by atoms with Crippen molar-refractivity contribution in [3.05, 3.63) is 54.1 Å². The van der Waals surface area contributed by atoms with Crippen LogP contribution in [0.15, 0.2) is 42.7 Å². The lowest BCUT2D eigenvalue weighted by molar-refractivity contribution is 0.628. The highest BCUT2D eigenvalue weighted by Gasteiger charge is 2.14. The molecule has 1 heterocycles. The fourth-order valence-corrected chi connectivity index (χ4v) is 2.12. The van der Waals surface area contributed by atoms with Crippen LogP contribution >= 0.6 is 0 Å². The fourth-order valence-electron chi connectivity index (χ4n) is 2.12. The molecular weight excluding hydrogens is 281 g/mol. The molecule has 0 bridgehead atoms. The van der Waals surface area contributed by atoms with E-state index in [0.717, 1.165) is 11.3 Å². The number of benzene rings is 1. The number of rotatable bonds is 5. The lowest BCUT2D eigenvalue weighted by atomic mass is 10.1. The Morgan fingerprint density at radius 2 is 2.00 bits per heavy atom. The van der Waals surface area contributed by atoms with Gasteiger partial charge in [-0.1, -0.05) is 0 Å². The predicted octanol–water partition coefficient (Wildman–Crippen LogP) is 3.16. The molecule has 6 heteroatoms. The van der Waals surface area contributed by atoms with Crippen molar-refractivity contribution in [3.63, 3.8) is 0 Å². The molecule has 0 radical (unpaired) electrons. The molecule has 0 unspecified atom stereocenters. The van der Waals surface area contributed by atoms with Crippen molar-refractivity contribution in [1.29, 1.82) is 5.41 Å². The van der Waals surface area contributed by atoms with Crippen molar-refractivity contribution in [2.45, 2.75) is 6.92 Å². The molecule has 0 amide bonds. The summed E-state index contributed by atoms with van der Waals surface area (Å²) in [7, 11) is 1.78. The Morgan fingerprint density at radius 1 is 1.32 bits per heavy atom. The zero-order chi connectivity index (χ0) is 16.1. The van der Waals surface area contributed by atoms with E-state index in [1.165, 1.54) is 18.3 Å². The first-order valence-corrected chi connectivity index (χ1v) is 6.74. The van der Waals surface area contributed by atoms with Crippen LogP contribution in [0.25, 0.3) is 11.3 Å². The molecule has 0 fully saturated rings. The molecule has 2 rings (SSSR count). The minimum Gasteiger partial charge on any atom is -0.403 e. The van der Waals surface area contributed by atoms with Gasteiger partial charge in [0.25, 0.3) is 0 Å². The van der Waals surface area contributed by atoms with Crippen molar-refractivity contribution in [2.24, 2.45) is 5.73 Å². The molecule has 0 aliphatic carbocycles. The second-order valence-corrected chi connectivity index (χ2v) is 4.66.